The summed E-state index contributed by atoms with van der Waals surface area (Å²) in [6.45, 7) is 1.50. The molecule has 0 bridgehead atoms. The molecule has 0 amide bonds. The van der Waals surface area contributed by atoms with Crippen molar-refractivity contribution in [1.82, 2.24) is 0 Å². The van der Waals surface area contributed by atoms with Gasteiger partial charge in [-0.25, -0.2) is 0 Å². The van der Waals surface area contributed by atoms with Gasteiger partial charge >= 0.3 is 0 Å². The second-order valence-electron chi connectivity index (χ2n) is 2.76. The maximum absolute atomic E-state index is 10.5. The predicted molar refractivity (Wildman–Crippen MR) is 47.0 cm³/mol. The Morgan fingerprint density at radius 2 is 1.79 bits per heavy atom. The zero-order valence-corrected chi connectivity index (χ0v) is 7.39. The maximum Gasteiger partial charge on any atom is 0.285 e. The van der Waals surface area contributed by atoms with E-state index in [4.69, 9.17) is 0 Å². The molecule has 0 saturated carbocycles. The van der Waals surface area contributed by atoms with Crippen molar-refractivity contribution < 1.29 is 15.6 Å². The molecule has 1 aromatic rings. The van der Waals surface area contributed by atoms with E-state index in [0.717, 1.165) is 6.07 Å². The first-order valence-electron chi connectivity index (χ1n) is 3.69. The van der Waals surface area contributed by atoms with Crippen molar-refractivity contribution in [2.45, 2.75) is 6.92 Å². The number of nitro benzene ring substituents is 2. The van der Waals surface area contributed by atoms with Gasteiger partial charge in [0.1, 0.15) is 5.69 Å². The van der Waals surface area contributed by atoms with Gasteiger partial charge in [0.05, 0.1) is 27.5 Å². The summed E-state index contributed by atoms with van der Waals surface area (Å²) in [7, 11) is 0. The number of non-ortho nitro benzene ring substituents is 1. The molecular weight excluding hydrogens is 190 g/mol. The molecule has 0 radical (unpaired) electrons. The molecule has 0 aromatic heterocycles. The molecule has 0 heterocycles. The summed E-state index contributed by atoms with van der Waals surface area (Å²) in [5, 5.41) is 20.9. The van der Waals surface area contributed by atoms with Crippen molar-refractivity contribution in [2.75, 3.05) is 0 Å². The van der Waals surface area contributed by atoms with Crippen LogP contribution in [-0.2, 0) is 0 Å². The zero-order valence-electron chi connectivity index (χ0n) is 7.39. The quantitative estimate of drug-likeness (QED) is 0.555. The Hall–Kier alpha value is -2.02. The molecule has 1 aromatic carbocycles. The average molecular weight is 198 g/mol. The van der Waals surface area contributed by atoms with Crippen LogP contribution in [0.4, 0.5) is 17.1 Å². The van der Waals surface area contributed by atoms with E-state index in [1.54, 1.807) is 0 Å². The number of hydrogen-bond acceptors (Lipinski definition) is 4. The van der Waals surface area contributed by atoms with Crippen molar-refractivity contribution in [1.29, 1.82) is 0 Å². The lowest BCUT2D eigenvalue weighted by Gasteiger charge is -1.98. The minimum absolute atomic E-state index is 0.274. The van der Waals surface area contributed by atoms with Gasteiger partial charge in [-0.3, -0.25) is 20.2 Å². The fraction of sp³-hybridized carbons (Fsp3) is 0.143. The minimum Gasteiger partial charge on any atom is -0.325 e. The molecule has 0 aliphatic heterocycles. The first-order valence-corrected chi connectivity index (χ1v) is 3.69. The highest BCUT2D eigenvalue weighted by Gasteiger charge is 2.21. The summed E-state index contributed by atoms with van der Waals surface area (Å²) in [5.74, 6) is 0. The van der Waals surface area contributed by atoms with E-state index in [1.165, 1.54) is 13.0 Å². The standard InChI is InChI=1S/C7H7N3O4/c1-4-6(8)2-5(9(11)12)3-7(4)10(13)14/h2-3H,8H2,1H3/p+1. The second-order valence-corrected chi connectivity index (χ2v) is 2.76. The van der Waals surface area contributed by atoms with Crippen LogP contribution in [-0.4, -0.2) is 9.85 Å². The summed E-state index contributed by atoms with van der Waals surface area (Å²) < 4.78 is 0. The molecule has 0 atom stereocenters. The van der Waals surface area contributed by atoms with Gasteiger partial charge in [0.2, 0.25) is 0 Å². The van der Waals surface area contributed by atoms with Gasteiger partial charge < -0.3 is 5.73 Å². The number of rotatable bonds is 2. The molecule has 0 saturated heterocycles. The summed E-state index contributed by atoms with van der Waals surface area (Å²) in [6, 6.07) is 2.15. The monoisotopic (exact) mass is 198 g/mol. The Morgan fingerprint density at radius 3 is 2.21 bits per heavy atom. The van der Waals surface area contributed by atoms with Crippen molar-refractivity contribution >= 4 is 17.1 Å². The van der Waals surface area contributed by atoms with Crippen LogP contribution in [0.15, 0.2) is 12.1 Å². The van der Waals surface area contributed by atoms with Crippen LogP contribution < -0.4 is 5.73 Å². The molecule has 14 heavy (non-hydrogen) atoms. The van der Waals surface area contributed by atoms with Crippen LogP contribution in [0, 0.1) is 27.2 Å². The van der Waals surface area contributed by atoms with E-state index in [0.29, 0.717) is 11.3 Å². The lowest BCUT2D eigenvalue weighted by atomic mass is 10.1. The van der Waals surface area contributed by atoms with Crippen molar-refractivity contribution in [3.8, 4) is 0 Å². The molecule has 7 heteroatoms. The van der Waals surface area contributed by atoms with Gasteiger partial charge in [-0.2, -0.15) is 0 Å². The summed E-state index contributed by atoms with van der Waals surface area (Å²) in [5.41, 5.74) is 3.56. The van der Waals surface area contributed by atoms with Gasteiger partial charge in [-0.1, -0.05) is 0 Å². The van der Waals surface area contributed by atoms with Gasteiger partial charge in [-0.05, 0) is 6.92 Å². The molecule has 7 nitrogen and oxygen atoms in total. The van der Waals surface area contributed by atoms with Crippen molar-refractivity contribution in [3.05, 3.63) is 37.9 Å². The second kappa shape index (κ2) is 3.38. The van der Waals surface area contributed by atoms with Crippen LogP contribution in [0.3, 0.4) is 0 Å². The van der Waals surface area contributed by atoms with E-state index in [2.05, 4.69) is 5.73 Å². The third-order valence-corrected chi connectivity index (χ3v) is 1.88. The van der Waals surface area contributed by atoms with Gasteiger partial charge in [-0.15, -0.1) is 0 Å². The largest absolute Gasteiger partial charge is 0.325 e. The Labute approximate surface area is 78.4 Å². The first kappa shape index (κ1) is 10.1. The van der Waals surface area contributed by atoms with Crippen LogP contribution in [0.5, 0.6) is 0 Å². The van der Waals surface area contributed by atoms with Gasteiger partial charge in [0, 0.05) is 0 Å². The molecular formula is C7H8N3O4+. The fourth-order valence-electron chi connectivity index (χ4n) is 1.04. The van der Waals surface area contributed by atoms with E-state index in [-0.39, 0.29) is 11.4 Å². The predicted octanol–water partition coefficient (Wildman–Crippen LogP) is 0.685. The third kappa shape index (κ3) is 1.67. The molecule has 0 spiro atoms. The molecule has 0 aliphatic rings. The molecule has 0 aliphatic carbocycles. The summed E-state index contributed by atoms with van der Waals surface area (Å²) in [4.78, 5) is 19.6. The minimum atomic E-state index is -0.679. The van der Waals surface area contributed by atoms with Crippen LogP contribution in [0.2, 0.25) is 0 Å². The Balaban J connectivity index is 3.43. The van der Waals surface area contributed by atoms with Gasteiger partial charge in [0.25, 0.3) is 11.4 Å². The van der Waals surface area contributed by atoms with E-state index < -0.39 is 9.85 Å². The van der Waals surface area contributed by atoms with E-state index >= 15 is 0 Å². The molecule has 74 valence electrons. The van der Waals surface area contributed by atoms with E-state index in [9.17, 15) is 20.2 Å². The molecule has 0 fully saturated rings. The van der Waals surface area contributed by atoms with Crippen LogP contribution in [0.1, 0.15) is 5.56 Å². The average Bonchev–Trinajstić information content (AvgIpc) is 2.08. The number of quaternary nitrogens is 1. The highest BCUT2D eigenvalue weighted by atomic mass is 16.6. The smallest absolute Gasteiger partial charge is 0.285 e. The third-order valence-electron chi connectivity index (χ3n) is 1.88. The van der Waals surface area contributed by atoms with Crippen molar-refractivity contribution in [3.63, 3.8) is 0 Å². The first-order chi connectivity index (χ1) is 6.43. The maximum atomic E-state index is 10.5. The molecule has 0 unspecified atom stereocenters. The van der Waals surface area contributed by atoms with Crippen LogP contribution in [0.25, 0.3) is 0 Å². The lowest BCUT2D eigenvalue weighted by Crippen LogP contribution is -2.41. The zero-order chi connectivity index (χ0) is 10.9. The lowest BCUT2D eigenvalue weighted by molar-refractivity contribution is -0.395. The number of nitrogens with zero attached hydrogens (tertiary/aromatic N) is 2. The fourth-order valence-corrected chi connectivity index (χ4v) is 1.04. The number of benzene rings is 1. The van der Waals surface area contributed by atoms with Crippen LogP contribution >= 0.6 is 0 Å². The summed E-state index contributed by atoms with van der Waals surface area (Å²) >= 11 is 0. The normalized spacial score (nSPS) is 9.86. The Kier molecular flexibility index (Phi) is 2.43. The highest BCUT2D eigenvalue weighted by molar-refractivity contribution is 5.59. The Bertz CT molecular complexity index is 416. The highest BCUT2D eigenvalue weighted by Crippen LogP contribution is 2.28. The van der Waals surface area contributed by atoms with Crippen molar-refractivity contribution in [2.24, 2.45) is 0 Å². The topological polar surface area (TPSA) is 114 Å². The van der Waals surface area contributed by atoms with Gasteiger partial charge in [0.15, 0.2) is 0 Å². The summed E-state index contributed by atoms with van der Waals surface area (Å²) in [6.07, 6.45) is 0. The van der Waals surface area contributed by atoms with E-state index in [1.807, 2.05) is 0 Å². The Morgan fingerprint density at radius 1 is 1.21 bits per heavy atom. The number of nitro groups is 2. The SMILES string of the molecule is Cc1c([NH3+])cc([N+](=O)[O-])cc1[N+](=O)[O-]. The number of hydrogen-bond donors (Lipinski definition) is 1. The molecule has 3 N–H and O–H groups in total. The molecule has 1 rings (SSSR count).